The molecule has 0 saturated carbocycles. The zero-order chi connectivity index (χ0) is 24.9. The van der Waals surface area contributed by atoms with Crippen LogP contribution >= 0.6 is 0 Å². The number of hydrogen-bond acceptors (Lipinski definition) is 5. The van der Waals surface area contributed by atoms with E-state index in [9.17, 15) is 9.59 Å². The summed E-state index contributed by atoms with van der Waals surface area (Å²) in [6, 6.07) is 17.4. The van der Waals surface area contributed by atoms with Crippen molar-refractivity contribution in [3.63, 3.8) is 0 Å². The van der Waals surface area contributed by atoms with E-state index in [1.54, 1.807) is 19.9 Å². The topological polar surface area (TPSA) is 55.8 Å². The Bertz CT molecular complexity index is 1450. The van der Waals surface area contributed by atoms with Crippen LogP contribution in [0.5, 0.6) is 0 Å². The van der Waals surface area contributed by atoms with E-state index in [4.69, 9.17) is 9.47 Å². The van der Waals surface area contributed by atoms with Gasteiger partial charge in [-0.25, -0.2) is 0 Å². The zero-order valence-electron chi connectivity index (χ0n) is 20.7. The van der Waals surface area contributed by atoms with E-state index in [1.807, 2.05) is 0 Å². The first-order chi connectivity index (χ1) is 16.4. The molecule has 4 heterocycles. The standard InChI is InChI=1S/C29H27NO4Se/c1-27(2)18-10-7-8-13-22(18)30-23-19(27)11-9-12-20(23)28(3,4)21-15-16(35-24(21)30)14-17-25(31)33-29(5,6)34-26(17)32/h7-15H,1-6H3. The van der Waals surface area contributed by atoms with Crippen LogP contribution in [-0.4, -0.2) is 32.2 Å². The average molecular weight is 532 g/mol. The fourth-order valence-electron chi connectivity index (χ4n) is 5.62. The summed E-state index contributed by atoms with van der Waals surface area (Å²) in [4.78, 5) is 27.6. The fraction of sp³-hybridized carbons (Fsp3) is 0.310. The number of ether oxygens (including phenoxy) is 2. The second-order valence-corrected chi connectivity index (χ2v) is 13.1. The van der Waals surface area contributed by atoms with Crippen LogP contribution in [0, 0.1) is 0 Å². The third kappa shape index (κ3) is 3.06. The molecular formula is C29H27NO4Se. The maximum atomic E-state index is 12.6. The minimum atomic E-state index is -1.25. The van der Waals surface area contributed by atoms with Crippen molar-refractivity contribution in [2.45, 2.75) is 58.2 Å². The molecule has 3 aliphatic rings. The summed E-state index contributed by atoms with van der Waals surface area (Å²) in [6.45, 7) is 12.2. The molecule has 35 heavy (non-hydrogen) atoms. The third-order valence-electron chi connectivity index (χ3n) is 7.44. The molecule has 0 radical (unpaired) electrons. The van der Waals surface area contributed by atoms with Gasteiger partial charge in [0, 0.05) is 0 Å². The van der Waals surface area contributed by atoms with Gasteiger partial charge >= 0.3 is 211 Å². The molecule has 2 aromatic carbocycles. The quantitative estimate of drug-likeness (QED) is 0.174. The predicted octanol–water partition coefficient (Wildman–Crippen LogP) is 5.71. The molecule has 0 aliphatic carbocycles. The zero-order valence-corrected chi connectivity index (χ0v) is 22.4. The summed E-state index contributed by atoms with van der Waals surface area (Å²) >= 11 is -0.119. The summed E-state index contributed by atoms with van der Waals surface area (Å²) in [5.41, 5.74) is 7.18. The van der Waals surface area contributed by atoms with E-state index in [0.717, 1.165) is 4.44 Å². The van der Waals surface area contributed by atoms with Crippen LogP contribution < -0.4 is 4.90 Å². The molecule has 6 rings (SSSR count). The second-order valence-electron chi connectivity index (χ2n) is 10.9. The molecule has 0 bridgehead atoms. The Hall–Kier alpha value is -3.08. The Kier molecular flexibility index (Phi) is 4.47. The van der Waals surface area contributed by atoms with Gasteiger partial charge in [0.05, 0.1) is 0 Å². The molecule has 1 fully saturated rings. The van der Waals surface area contributed by atoms with Crippen LogP contribution in [0.15, 0.2) is 54.1 Å². The van der Waals surface area contributed by atoms with Gasteiger partial charge < -0.3 is 0 Å². The molecule has 178 valence electrons. The number of nitrogens with zero attached hydrogens (tertiary/aromatic N) is 1. The van der Waals surface area contributed by atoms with Gasteiger partial charge in [0.1, 0.15) is 0 Å². The normalized spacial score (nSPS) is 20.3. The van der Waals surface area contributed by atoms with Gasteiger partial charge in [-0.1, -0.05) is 0 Å². The average Bonchev–Trinajstić information content (AvgIpc) is 3.20. The summed E-state index contributed by atoms with van der Waals surface area (Å²) in [5.74, 6) is -2.52. The van der Waals surface area contributed by atoms with Gasteiger partial charge in [-0.05, 0) is 0 Å². The van der Waals surface area contributed by atoms with Crippen molar-refractivity contribution in [1.29, 1.82) is 0 Å². The minimum absolute atomic E-state index is 0.0477. The Morgan fingerprint density at radius 2 is 1.34 bits per heavy atom. The Labute approximate surface area is 211 Å². The molecule has 1 aromatic heterocycles. The number of carbonyl (C=O) groups excluding carboxylic acids is 2. The fourth-order valence-corrected chi connectivity index (χ4v) is 8.31. The Balaban J connectivity index is 1.57. The summed E-state index contributed by atoms with van der Waals surface area (Å²) in [6.07, 6.45) is 1.67. The maximum absolute atomic E-state index is 12.6. The van der Waals surface area contributed by atoms with Crippen molar-refractivity contribution in [3.05, 3.63) is 80.8 Å². The number of esters is 2. The van der Waals surface area contributed by atoms with Gasteiger partial charge in [-0.3, -0.25) is 0 Å². The van der Waals surface area contributed by atoms with E-state index in [0.29, 0.717) is 0 Å². The molecule has 0 atom stereocenters. The Morgan fingerprint density at radius 3 is 2.00 bits per heavy atom. The number of para-hydroxylation sites is 2. The number of cyclic esters (lactones) is 2. The molecule has 0 N–H and O–H groups in total. The molecule has 0 spiro atoms. The van der Waals surface area contributed by atoms with Crippen LogP contribution in [-0.2, 0) is 29.9 Å². The number of benzene rings is 2. The summed E-state index contributed by atoms with van der Waals surface area (Å²) in [5, 5.41) is 0. The van der Waals surface area contributed by atoms with Crippen molar-refractivity contribution >= 4 is 48.5 Å². The van der Waals surface area contributed by atoms with Crippen LogP contribution in [0.25, 0.3) is 6.08 Å². The molecule has 3 aliphatic heterocycles. The first-order valence-corrected chi connectivity index (χ1v) is 13.5. The van der Waals surface area contributed by atoms with Gasteiger partial charge in [0.2, 0.25) is 0 Å². The predicted molar refractivity (Wildman–Crippen MR) is 137 cm³/mol. The molecule has 0 unspecified atom stereocenters. The molecule has 6 heteroatoms. The van der Waals surface area contributed by atoms with Crippen LogP contribution in [0.3, 0.4) is 0 Å². The van der Waals surface area contributed by atoms with E-state index in [2.05, 4.69) is 81.1 Å². The monoisotopic (exact) mass is 533 g/mol. The first kappa shape index (κ1) is 22.4. The van der Waals surface area contributed by atoms with E-state index < -0.39 is 17.7 Å². The summed E-state index contributed by atoms with van der Waals surface area (Å²) < 4.78 is 12.8. The van der Waals surface area contributed by atoms with Crippen molar-refractivity contribution in [2.24, 2.45) is 0 Å². The Morgan fingerprint density at radius 1 is 0.771 bits per heavy atom. The first-order valence-electron chi connectivity index (χ1n) is 11.8. The number of anilines is 3. The van der Waals surface area contributed by atoms with Crippen LogP contribution in [0.1, 0.15) is 68.2 Å². The molecule has 3 aromatic rings. The third-order valence-corrected chi connectivity index (χ3v) is 9.68. The molecular weight excluding hydrogens is 505 g/mol. The van der Waals surface area contributed by atoms with Crippen molar-refractivity contribution < 1.29 is 19.1 Å². The number of rotatable bonds is 1. The van der Waals surface area contributed by atoms with Gasteiger partial charge in [0.25, 0.3) is 0 Å². The van der Waals surface area contributed by atoms with E-state index in [1.165, 1.54) is 38.2 Å². The molecule has 0 amide bonds. The van der Waals surface area contributed by atoms with Crippen molar-refractivity contribution in [2.75, 3.05) is 4.90 Å². The van der Waals surface area contributed by atoms with Gasteiger partial charge in [-0.15, -0.1) is 0 Å². The van der Waals surface area contributed by atoms with E-state index in [-0.39, 0.29) is 30.9 Å². The van der Waals surface area contributed by atoms with Crippen LogP contribution in [0.2, 0.25) is 0 Å². The molecule has 1 saturated heterocycles. The van der Waals surface area contributed by atoms with Gasteiger partial charge in [0.15, 0.2) is 0 Å². The number of fused-ring (bicyclic) bond motifs is 4. The SMILES string of the molecule is CC1(C)OC(=O)C(=Cc2cc3c([se]2)N2c4ccccc4C(C)(C)c4cccc(c42)C3(C)C)C(=O)O1. The van der Waals surface area contributed by atoms with E-state index >= 15 is 0 Å². The van der Waals surface area contributed by atoms with Crippen molar-refractivity contribution in [1.82, 2.24) is 0 Å². The molecule has 5 nitrogen and oxygen atoms in total. The van der Waals surface area contributed by atoms with Crippen LogP contribution in [0.4, 0.5) is 15.9 Å². The number of carbonyl (C=O) groups is 2. The van der Waals surface area contributed by atoms with Gasteiger partial charge in [-0.2, -0.15) is 0 Å². The van der Waals surface area contributed by atoms with Crippen molar-refractivity contribution in [3.8, 4) is 0 Å². The second kappa shape index (κ2) is 6.99. The number of hydrogen-bond donors (Lipinski definition) is 0. The summed E-state index contributed by atoms with van der Waals surface area (Å²) in [7, 11) is 0.